The van der Waals surface area contributed by atoms with Crippen molar-refractivity contribution >= 4 is 76.1 Å². The zero-order chi connectivity index (χ0) is 36.7. The Labute approximate surface area is 322 Å². The number of hydrogen-bond donors (Lipinski definition) is 0. The molecule has 12 rings (SSSR count). The van der Waals surface area contributed by atoms with E-state index in [0.29, 0.717) is 5.82 Å². The molecule has 0 amide bonds. The monoisotopic (exact) mass is 712 g/mol. The van der Waals surface area contributed by atoms with Crippen molar-refractivity contribution in [2.75, 3.05) is 0 Å². The van der Waals surface area contributed by atoms with Gasteiger partial charge in [0.15, 0.2) is 5.82 Å². The van der Waals surface area contributed by atoms with Gasteiger partial charge < -0.3 is 9.13 Å². The molecule has 0 atom stereocenters. The van der Waals surface area contributed by atoms with Crippen LogP contribution in [0.2, 0.25) is 0 Å². The lowest BCUT2D eigenvalue weighted by molar-refractivity contribution is 1.17. The van der Waals surface area contributed by atoms with E-state index >= 15 is 0 Å². The molecule has 0 spiro atoms. The fourth-order valence-corrected chi connectivity index (χ4v) is 8.98. The summed E-state index contributed by atoms with van der Waals surface area (Å²) in [5.41, 5.74) is 10.8. The molecule has 9 aromatic carbocycles. The number of benzene rings is 9. The van der Waals surface area contributed by atoms with Crippen LogP contribution in [0.25, 0.3) is 110 Å². The standard InChI is InChI=1S/C52H32N4/c1-2-14-37(15-3-1)55-45-21-11-9-18-41(45)42-29-24-36(32-48(42)55)51-43-19-8-10-20-44(43)53-52(54-51)35-22-27-38(28-23-35)56-46-30-25-33-12-4-6-16-39(33)49(46)50-40-17-7-5-13-34(40)26-31-47(50)56/h1-32H. The van der Waals surface area contributed by atoms with E-state index in [-0.39, 0.29) is 0 Å². The molecular weight excluding hydrogens is 681 g/mol. The van der Waals surface area contributed by atoms with Gasteiger partial charge in [0.25, 0.3) is 0 Å². The summed E-state index contributed by atoms with van der Waals surface area (Å²) in [5, 5.41) is 11.1. The van der Waals surface area contributed by atoms with Crippen LogP contribution in [-0.4, -0.2) is 19.1 Å². The summed E-state index contributed by atoms with van der Waals surface area (Å²) >= 11 is 0. The number of aromatic nitrogens is 4. The fourth-order valence-electron chi connectivity index (χ4n) is 8.98. The first-order chi connectivity index (χ1) is 27.8. The summed E-state index contributed by atoms with van der Waals surface area (Å²) in [6, 6.07) is 69.5. The lowest BCUT2D eigenvalue weighted by Crippen LogP contribution is -1.97. The largest absolute Gasteiger partial charge is 0.309 e. The van der Waals surface area contributed by atoms with Gasteiger partial charge in [-0.15, -0.1) is 0 Å². The van der Waals surface area contributed by atoms with Gasteiger partial charge in [0.2, 0.25) is 0 Å². The van der Waals surface area contributed by atoms with E-state index in [1.165, 1.54) is 59.6 Å². The Morgan fingerprint density at radius 1 is 0.321 bits per heavy atom. The van der Waals surface area contributed by atoms with E-state index < -0.39 is 0 Å². The average molecular weight is 713 g/mol. The molecule has 3 aromatic heterocycles. The highest BCUT2D eigenvalue weighted by atomic mass is 15.0. The lowest BCUT2D eigenvalue weighted by Gasteiger charge is -2.12. The van der Waals surface area contributed by atoms with Gasteiger partial charge in [-0.3, -0.25) is 0 Å². The maximum Gasteiger partial charge on any atom is 0.160 e. The SMILES string of the molecule is c1ccc(-n2c3ccccc3c3ccc(-c4nc(-c5ccc(-n6c7ccc8ccccc8c7c7c8ccccc8ccc76)cc5)nc5ccccc45)cc32)cc1. The van der Waals surface area contributed by atoms with Gasteiger partial charge in [0, 0.05) is 49.4 Å². The van der Waals surface area contributed by atoms with Crippen molar-refractivity contribution in [3.05, 3.63) is 194 Å². The van der Waals surface area contributed by atoms with Crippen LogP contribution >= 0.6 is 0 Å². The van der Waals surface area contributed by atoms with Crippen LogP contribution in [0, 0.1) is 0 Å². The summed E-state index contributed by atoms with van der Waals surface area (Å²) in [6.45, 7) is 0. The molecule has 12 aromatic rings. The quantitative estimate of drug-likeness (QED) is 0.182. The van der Waals surface area contributed by atoms with Crippen LogP contribution in [0.15, 0.2) is 194 Å². The second kappa shape index (κ2) is 12.0. The van der Waals surface area contributed by atoms with Crippen LogP contribution in [0.3, 0.4) is 0 Å². The Kier molecular flexibility index (Phi) is 6.60. The number of fused-ring (bicyclic) bond motifs is 11. The second-order valence-corrected chi connectivity index (χ2v) is 14.6. The Hall–Kier alpha value is -7.56. The molecule has 0 N–H and O–H groups in total. The molecule has 0 bridgehead atoms. The van der Waals surface area contributed by atoms with Crippen molar-refractivity contribution in [1.29, 1.82) is 0 Å². The van der Waals surface area contributed by atoms with Crippen molar-refractivity contribution in [2.45, 2.75) is 0 Å². The Bertz CT molecular complexity index is 3430. The zero-order valence-electron chi connectivity index (χ0n) is 30.3. The van der Waals surface area contributed by atoms with Gasteiger partial charge in [-0.1, -0.05) is 127 Å². The van der Waals surface area contributed by atoms with Crippen molar-refractivity contribution < 1.29 is 0 Å². The topological polar surface area (TPSA) is 35.6 Å². The molecular formula is C52H32N4. The van der Waals surface area contributed by atoms with Gasteiger partial charge >= 0.3 is 0 Å². The van der Waals surface area contributed by atoms with E-state index in [2.05, 4.69) is 203 Å². The number of rotatable bonds is 4. The third-order valence-electron chi connectivity index (χ3n) is 11.5. The van der Waals surface area contributed by atoms with Crippen LogP contribution < -0.4 is 0 Å². The molecule has 4 nitrogen and oxygen atoms in total. The second-order valence-electron chi connectivity index (χ2n) is 14.6. The van der Waals surface area contributed by atoms with Crippen LogP contribution in [0.5, 0.6) is 0 Å². The summed E-state index contributed by atoms with van der Waals surface area (Å²) in [6.07, 6.45) is 0. The Morgan fingerprint density at radius 3 is 1.57 bits per heavy atom. The average Bonchev–Trinajstić information content (AvgIpc) is 3.79. The Morgan fingerprint density at radius 2 is 0.857 bits per heavy atom. The third kappa shape index (κ3) is 4.53. The maximum atomic E-state index is 5.34. The summed E-state index contributed by atoms with van der Waals surface area (Å²) in [5.74, 6) is 0.702. The number of hydrogen-bond acceptors (Lipinski definition) is 2. The van der Waals surface area contributed by atoms with E-state index in [0.717, 1.165) is 44.6 Å². The molecule has 0 aliphatic heterocycles. The van der Waals surface area contributed by atoms with Crippen molar-refractivity contribution in [1.82, 2.24) is 19.1 Å². The minimum Gasteiger partial charge on any atom is -0.309 e. The lowest BCUT2D eigenvalue weighted by atomic mass is 10.00. The first-order valence-electron chi connectivity index (χ1n) is 19.1. The molecule has 4 heteroatoms. The highest BCUT2D eigenvalue weighted by Gasteiger charge is 2.19. The van der Waals surface area contributed by atoms with E-state index in [1.807, 2.05) is 0 Å². The molecule has 260 valence electrons. The predicted octanol–water partition coefficient (Wildman–Crippen LogP) is 13.5. The molecule has 0 aliphatic carbocycles. The first kappa shape index (κ1) is 30.9. The summed E-state index contributed by atoms with van der Waals surface area (Å²) in [7, 11) is 0. The molecule has 0 saturated heterocycles. The van der Waals surface area contributed by atoms with Crippen molar-refractivity contribution in [3.63, 3.8) is 0 Å². The van der Waals surface area contributed by atoms with Gasteiger partial charge in [-0.05, 0) is 88.3 Å². The van der Waals surface area contributed by atoms with Crippen LogP contribution in [-0.2, 0) is 0 Å². The van der Waals surface area contributed by atoms with Gasteiger partial charge in [0.05, 0.1) is 33.3 Å². The molecule has 56 heavy (non-hydrogen) atoms. The van der Waals surface area contributed by atoms with Gasteiger partial charge in [-0.2, -0.15) is 0 Å². The molecule has 0 unspecified atom stereocenters. The molecule has 0 radical (unpaired) electrons. The smallest absolute Gasteiger partial charge is 0.160 e. The minimum absolute atomic E-state index is 0.702. The number of para-hydroxylation sites is 3. The molecule has 0 saturated carbocycles. The summed E-state index contributed by atoms with van der Waals surface area (Å²) in [4.78, 5) is 10.5. The predicted molar refractivity (Wildman–Crippen MR) is 234 cm³/mol. The Balaban J connectivity index is 1.03. The van der Waals surface area contributed by atoms with E-state index in [1.54, 1.807) is 0 Å². The van der Waals surface area contributed by atoms with Gasteiger partial charge in [0.1, 0.15) is 0 Å². The highest BCUT2D eigenvalue weighted by molar-refractivity contribution is 6.28. The van der Waals surface area contributed by atoms with Crippen LogP contribution in [0.4, 0.5) is 0 Å². The van der Waals surface area contributed by atoms with Crippen molar-refractivity contribution in [2.24, 2.45) is 0 Å². The van der Waals surface area contributed by atoms with Crippen LogP contribution in [0.1, 0.15) is 0 Å². The van der Waals surface area contributed by atoms with Gasteiger partial charge in [-0.25, -0.2) is 9.97 Å². The van der Waals surface area contributed by atoms with E-state index in [4.69, 9.17) is 9.97 Å². The van der Waals surface area contributed by atoms with E-state index in [9.17, 15) is 0 Å². The summed E-state index contributed by atoms with van der Waals surface area (Å²) < 4.78 is 4.76. The first-order valence-corrected chi connectivity index (χ1v) is 19.1. The number of nitrogens with zero attached hydrogens (tertiary/aromatic N) is 4. The molecule has 0 fully saturated rings. The third-order valence-corrected chi connectivity index (χ3v) is 11.5. The minimum atomic E-state index is 0.702. The molecule has 0 aliphatic rings. The molecule has 3 heterocycles. The zero-order valence-corrected chi connectivity index (χ0v) is 30.3. The normalized spacial score (nSPS) is 11.9. The van der Waals surface area contributed by atoms with Crippen molar-refractivity contribution in [3.8, 4) is 34.0 Å². The fraction of sp³-hybridized carbons (Fsp3) is 0. The maximum absolute atomic E-state index is 5.34. The highest BCUT2D eigenvalue weighted by Crippen LogP contribution is 2.41.